The average molecular weight is 398 g/mol. The van der Waals surface area contributed by atoms with Gasteiger partial charge in [-0.05, 0) is 29.8 Å². The lowest BCUT2D eigenvalue weighted by Crippen LogP contribution is -2.16. The van der Waals surface area contributed by atoms with Gasteiger partial charge in [0.1, 0.15) is 5.15 Å². The quantitative estimate of drug-likeness (QED) is 0.590. The van der Waals surface area contributed by atoms with Crippen LogP contribution in [0.2, 0.25) is 5.15 Å². The van der Waals surface area contributed by atoms with E-state index in [1.807, 2.05) is 0 Å². The van der Waals surface area contributed by atoms with Gasteiger partial charge in [0.2, 0.25) is 0 Å². The minimum absolute atomic E-state index is 0.0294. The van der Waals surface area contributed by atoms with Gasteiger partial charge in [-0.25, -0.2) is 4.98 Å². The molecule has 2 rings (SSSR count). The van der Waals surface area contributed by atoms with Crippen molar-refractivity contribution < 1.29 is 31.1 Å². The van der Waals surface area contributed by atoms with Gasteiger partial charge in [-0.1, -0.05) is 11.6 Å². The van der Waals surface area contributed by atoms with E-state index < -0.39 is 35.9 Å². The van der Waals surface area contributed by atoms with Crippen LogP contribution in [0.5, 0.6) is 0 Å². The van der Waals surface area contributed by atoms with Crippen LogP contribution in [0, 0.1) is 0 Å². The highest BCUT2D eigenvalue weighted by Crippen LogP contribution is 2.36. The Kier molecular flexibility index (Phi) is 5.36. The van der Waals surface area contributed by atoms with E-state index >= 15 is 0 Å². The van der Waals surface area contributed by atoms with Gasteiger partial charge in [-0.3, -0.25) is 4.79 Å². The van der Waals surface area contributed by atoms with Crippen molar-refractivity contribution in [3.05, 3.63) is 57.9 Å². The zero-order valence-corrected chi connectivity index (χ0v) is 13.4. The largest absolute Gasteiger partial charge is 0.416 e. The van der Waals surface area contributed by atoms with Gasteiger partial charge >= 0.3 is 12.4 Å². The average Bonchev–Trinajstić information content (AvgIpc) is 2.50. The molecule has 4 nitrogen and oxygen atoms in total. The fourth-order valence-electron chi connectivity index (χ4n) is 2.09. The second-order valence-corrected chi connectivity index (χ2v) is 5.57. The second-order valence-electron chi connectivity index (χ2n) is 5.18. The van der Waals surface area contributed by atoms with Gasteiger partial charge in [-0.15, -0.1) is 0 Å². The Morgan fingerprint density at radius 3 is 2.04 bits per heavy atom. The number of benzene rings is 1. The highest BCUT2D eigenvalue weighted by molar-refractivity contribution is 6.29. The summed E-state index contributed by atoms with van der Waals surface area (Å²) in [4.78, 5) is 15.0. The third kappa shape index (κ3) is 4.78. The molecule has 11 heteroatoms. The van der Waals surface area contributed by atoms with Gasteiger partial charge in [0.15, 0.2) is 0 Å². The lowest BCUT2D eigenvalue weighted by Gasteiger charge is -2.15. The highest BCUT2D eigenvalue weighted by atomic mass is 35.5. The molecule has 1 aromatic carbocycles. The van der Waals surface area contributed by atoms with Gasteiger partial charge in [0, 0.05) is 12.7 Å². The first-order chi connectivity index (χ1) is 11.9. The molecule has 1 aromatic heterocycles. The number of halogens is 7. The lowest BCUT2D eigenvalue weighted by molar-refractivity contribution is -0.143. The minimum Gasteiger partial charge on any atom is -0.380 e. The number of rotatable bonds is 4. The third-order valence-electron chi connectivity index (χ3n) is 3.27. The molecule has 0 fully saturated rings. The van der Waals surface area contributed by atoms with Crippen molar-refractivity contribution in [2.45, 2.75) is 18.9 Å². The number of aromatic nitrogens is 1. The molecule has 3 N–H and O–H groups in total. The molecular formula is C15H10ClF6N3O. The molecular weight excluding hydrogens is 388 g/mol. The number of amides is 1. The molecule has 0 aliphatic carbocycles. The smallest absolute Gasteiger partial charge is 0.380 e. The van der Waals surface area contributed by atoms with Crippen molar-refractivity contribution in [3.8, 4) is 0 Å². The Bertz CT molecular complexity index is 803. The number of carbonyl (C=O) groups excluding carboxylic acids is 1. The van der Waals surface area contributed by atoms with Crippen molar-refractivity contribution in [3.63, 3.8) is 0 Å². The molecule has 0 aliphatic heterocycles. The molecule has 2 aromatic rings. The number of hydrogen-bond donors (Lipinski definition) is 2. The number of alkyl halides is 6. The highest BCUT2D eigenvalue weighted by Gasteiger charge is 2.36. The summed E-state index contributed by atoms with van der Waals surface area (Å²) in [5.74, 6) is -0.892. The lowest BCUT2D eigenvalue weighted by atomic mass is 10.0. The standard InChI is InChI=1S/C15H10ClF6N3O/c16-12-4-11(10(6-25-12)13(23)26)24-5-7-1-8(14(17,18)19)3-9(2-7)15(20,21)22/h1-4,6H,5H2,(H2,23,26)(H,24,25). The summed E-state index contributed by atoms with van der Waals surface area (Å²) >= 11 is 5.67. The Morgan fingerprint density at radius 2 is 1.58 bits per heavy atom. The molecule has 0 aliphatic rings. The molecule has 1 amide bonds. The third-order valence-corrected chi connectivity index (χ3v) is 3.47. The predicted octanol–water partition coefficient (Wildman–Crippen LogP) is 4.48. The van der Waals surface area contributed by atoms with Crippen LogP contribution in [-0.2, 0) is 18.9 Å². The SMILES string of the molecule is NC(=O)c1cnc(Cl)cc1NCc1cc(C(F)(F)F)cc(C(F)(F)F)c1. The number of carbonyl (C=O) groups is 1. The first-order valence-corrected chi connectivity index (χ1v) is 7.23. The number of nitrogens with one attached hydrogen (secondary N) is 1. The van der Waals surface area contributed by atoms with Crippen LogP contribution in [0.15, 0.2) is 30.5 Å². The molecule has 0 atom stereocenters. The maximum Gasteiger partial charge on any atom is 0.416 e. The molecule has 1 heterocycles. The predicted molar refractivity (Wildman–Crippen MR) is 81.5 cm³/mol. The topological polar surface area (TPSA) is 68.0 Å². The second kappa shape index (κ2) is 7.02. The fraction of sp³-hybridized carbons (Fsp3) is 0.200. The van der Waals surface area contributed by atoms with Crippen LogP contribution in [0.3, 0.4) is 0 Å². The molecule has 0 bridgehead atoms. The number of primary amides is 1. The monoisotopic (exact) mass is 397 g/mol. The molecule has 0 unspecified atom stereocenters. The van der Waals surface area contributed by atoms with Crippen LogP contribution in [-0.4, -0.2) is 10.9 Å². The zero-order chi connectivity index (χ0) is 19.7. The molecule has 0 saturated heterocycles. The summed E-state index contributed by atoms with van der Waals surface area (Å²) in [6.45, 7) is -0.437. The van der Waals surface area contributed by atoms with E-state index in [0.29, 0.717) is 12.1 Å². The summed E-state index contributed by atoms with van der Waals surface area (Å²) in [5.41, 5.74) is 1.88. The van der Waals surface area contributed by atoms with E-state index in [-0.39, 0.29) is 28.0 Å². The van der Waals surface area contributed by atoms with Crippen LogP contribution in [0.25, 0.3) is 0 Å². The van der Waals surface area contributed by atoms with E-state index in [0.717, 1.165) is 6.20 Å². The van der Waals surface area contributed by atoms with Crippen LogP contribution in [0.1, 0.15) is 27.0 Å². The number of pyridine rings is 1. The van der Waals surface area contributed by atoms with E-state index in [9.17, 15) is 31.1 Å². The van der Waals surface area contributed by atoms with E-state index in [1.54, 1.807) is 0 Å². The van der Waals surface area contributed by atoms with Gasteiger partial charge < -0.3 is 11.1 Å². The Labute approximate surface area is 148 Å². The molecule has 0 radical (unpaired) electrons. The zero-order valence-electron chi connectivity index (χ0n) is 12.7. The fourth-order valence-corrected chi connectivity index (χ4v) is 2.25. The molecule has 0 saturated carbocycles. The summed E-state index contributed by atoms with van der Waals surface area (Å²) in [7, 11) is 0. The van der Waals surface area contributed by atoms with Gasteiger partial charge in [0.05, 0.1) is 22.4 Å². The van der Waals surface area contributed by atoms with Crippen molar-refractivity contribution in [2.24, 2.45) is 5.73 Å². The van der Waals surface area contributed by atoms with Crippen molar-refractivity contribution >= 4 is 23.2 Å². The number of anilines is 1. The first kappa shape index (κ1) is 19.8. The molecule has 26 heavy (non-hydrogen) atoms. The summed E-state index contributed by atoms with van der Waals surface area (Å²) in [6, 6.07) is 2.37. The van der Waals surface area contributed by atoms with Crippen LogP contribution >= 0.6 is 11.6 Å². The van der Waals surface area contributed by atoms with E-state index in [1.165, 1.54) is 6.07 Å². The maximum atomic E-state index is 12.8. The Balaban J connectivity index is 2.38. The van der Waals surface area contributed by atoms with Crippen molar-refractivity contribution in [2.75, 3.05) is 5.32 Å². The van der Waals surface area contributed by atoms with Crippen LogP contribution < -0.4 is 11.1 Å². The maximum absolute atomic E-state index is 12.8. The summed E-state index contributed by atoms with van der Waals surface area (Å²) in [6.07, 6.45) is -8.86. The first-order valence-electron chi connectivity index (χ1n) is 6.85. The molecule has 0 spiro atoms. The van der Waals surface area contributed by atoms with E-state index in [4.69, 9.17) is 17.3 Å². The number of nitrogens with two attached hydrogens (primary N) is 1. The van der Waals surface area contributed by atoms with Crippen LogP contribution in [0.4, 0.5) is 32.0 Å². The van der Waals surface area contributed by atoms with Crippen molar-refractivity contribution in [1.82, 2.24) is 4.98 Å². The number of hydrogen-bond acceptors (Lipinski definition) is 3. The van der Waals surface area contributed by atoms with E-state index in [2.05, 4.69) is 10.3 Å². The Morgan fingerprint density at radius 1 is 1.04 bits per heavy atom. The summed E-state index contributed by atoms with van der Waals surface area (Å²) < 4.78 is 77.1. The number of nitrogens with zero attached hydrogens (tertiary/aromatic N) is 1. The van der Waals surface area contributed by atoms with Crippen molar-refractivity contribution in [1.29, 1.82) is 0 Å². The van der Waals surface area contributed by atoms with Gasteiger partial charge in [-0.2, -0.15) is 26.3 Å². The Hall–Kier alpha value is -2.49. The summed E-state index contributed by atoms with van der Waals surface area (Å²) in [5, 5.41) is 2.51. The normalized spacial score (nSPS) is 12.1. The molecule has 140 valence electrons. The van der Waals surface area contributed by atoms with Gasteiger partial charge in [0.25, 0.3) is 5.91 Å². The minimum atomic E-state index is -4.95.